The number of hydrogen-bond donors (Lipinski definition) is 1. The van der Waals surface area contributed by atoms with E-state index in [2.05, 4.69) is 20.4 Å². The summed E-state index contributed by atoms with van der Waals surface area (Å²) in [5, 5.41) is 7.79. The van der Waals surface area contributed by atoms with E-state index in [1.807, 2.05) is 41.3 Å². The largest absolute Gasteiger partial charge is 0.339 e. The summed E-state index contributed by atoms with van der Waals surface area (Å²) in [6.07, 6.45) is 5.85. The molecule has 2 amide bonds. The minimum Gasteiger partial charge on any atom is -0.339 e. The smallest absolute Gasteiger partial charge is 0.255 e. The summed E-state index contributed by atoms with van der Waals surface area (Å²) in [6, 6.07) is 14.7. The summed E-state index contributed by atoms with van der Waals surface area (Å²) in [6.45, 7) is 3.61. The summed E-state index contributed by atoms with van der Waals surface area (Å²) >= 11 is 5.96. The average molecular weight is 522 g/mol. The molecule has 2 aliphatic rings. The monoisotopic (exact) mass is 521 g/mol. The van der Waals surface area contributed by atoms with Gasteiger partial charge >= 0.3 is 0 Å². The molecule has 0 atom stereocenters. The molecule has 9 heteroatoms. The number of amides is 2. The lowest BCUT2D eigenvalue weighted by Gasteiger charge is -2.30. The maximum absolute atomic E-state index is 13.2. The molecular formula is C28H32ClN5O3. The lowest BCUT2D eigenvalue weighted by Crippen LogP contribution is -2.38. The SMILES string of the molecule is O=C(Nc1ccccc1C(=O)N1CCCCCC1)C1CCN(Cc2nc(-c3ccc(Cl)cc3)no2)CC1. The van der Waals surface area contributed by atoms with Crippen molar-refractivity contribution in [2.24, 2.45) is 5.92 Å². The van der Waals surface area contributed by atoms with Gasteiger partial charge in [-0.2, -0.15) is 4.98 Å². The van der Waals surface area contributed by atoms with E-state index in [1.165, 1.54) is 0 Å². The zero-order valence-electron chi connectivity index (χ0n) is 20.9. The first-order valence-electron chi connectivity index (χ1n) is 13.1. The highest BCUT2D eigenvalue weighted by atomic mass is 35.5. The number of piperidine rings is 1. The van der Waals surface area contributed by atoms with E-state index in [1.54, 1.807) is 12.1 Å². The lowest BCUT2D eigenvalue weighted by molar-refractivity contribution is -0.121. The summed E-state index contributed by atoms with van der Waals surface area (Å²) in [4.78, 5) is 35.0. The number of nitrogens with zero attached hydrogens (tertiary/aromatic N) is 4. The van der Waals surface area contributed by atoms with Crippen molar-refractivity contribution in [3.8, 4) is 11.4 Å². The molecule has 0 radical (unpaired) electrons. The predicted molar refractivity (Wildman–Crippen MR) is 142 cm³/mol. The molecule has 37 heavy (non-hydrogen) atoms. The van der Waals surface area contributed by atoms with Crippen LogP contribution >= 0.6 is 11.6 Å². The molecule has 2 aromatic carbocycles. The van der Waals surface area contributed by atoms with Crippen molar-refractivity contribution >= 4 is 29.1 Å². The number of anilines is 1. The summed E-state index contributed by atoms with van der Waals surface area (Å²) < 4.78 is 5.45. The number of hydrogen-bond acceptors (Lipinski definition) is 6. The van der Waals surface area contributed by atoms with Crippen molar-refractivity contribution < 1.29 is 14.1 Å². The molecule has 2 aliphatic heterocycles. The second-order valence-corrected chi connectivity index (χ2v) is 10.2. The highest BCUT2D eigenvalue weighted by Crippen LogP contribution is 2.25. The van der Waals surface area contributed by atoms with Gasteiger partial charge in [0.15, 0.2) is 0 Å². The standard InChI is InChI=1S/C28H32ClN5O3/c29-22-11-9-20(10-12-22)26-31-25(37-32-26)19-33-17-13-21(14-18-33)27(35)30-24-8-4-3-7-23(24)28(36)34-15-5-1-2-6-16-34/h3-4,7-12,21H,1-2,5-6,13-19H2,(H,30,35). The van der Waals surface area contributed by atoms with Crippen LogP contribution in [0.2, 0.25) is 5.02 Å². The molecule has 8 nitrogen and oxygen atoms in total. The predicted octanol–water partition coefficient (Wildman–Crippen LogP) is 5.26. The van der Waals surface area contributed by atoms with Gasteiger partial charge in [0, 0.05) is 29.6 Å². The molecule has 0 bridgehead atoms. The Morgan fingerprint density at radius 1 is 0.946 bits per heavy atom. The number of nitrogens with one attached hydrogen (secondary N) is 1. The van der Waals surface area contributed by atoms with Crippen LogP contribution in [0.4, 0.5) is 5.69 Å². The van der Waals surface area contributed by atoms with Gasteiger partial charge in [-0.05, 0) is 75.2 Å². The zero-order chi connectivity index (χ0) is 25.6. The Morgan fingerprint density at radius 3 is 2.38 bits per heavy atom. The fourth-order valence-electron chi connectivity index (χ4n) is 5.04. The normalized spacial score (nSPS) is 17.4. The van der Waals surface area contributed by atoms with Gasteiger partial charge in [-0.15, -0.1) is 0 Å². The second kappa shape index (κ2) is 11.9. The van der Waals surface area contributed by atoms with Gasteiger partial charge in [0.1, 0.15) is 0 Å². The molecule has 3 aromatic rings. The molecule has 0 aliphatic carbocycles. The van der Waals surface area contributed by atoms with Crippen LogP contribution in [0, 0.1) is 5.92 Å². The second-order valence-electron chi connectivity index (χ2n) is 9.81. The number of halogens is 1. The van der Waals surface area contributed by atoms with Crippen LogP contribution in [0.5, 0.6) is 0 Å². The quantitative estimate of drug-likeness (QED) is 0.476. The zero-order valence-corrected chi connectivity index (χ0v) is 21.6. The Labute approximate surface area is 222 Å². The number of carbonyl (C=O) groups is 2. The van der Waals surface area contributed by atoms with E-state index in [0.29, 0.717) is 34.5 Å². The number of aromatic nitrogens is 2. The van der Waals surface area contributed by atoms with Crippen LogP contribution in [-0.2, 0) is 11.3 Å². The number of rotatable bonds is 6. The molecule has 3 heterocycles. The van der Waals surface area contributed by atoms with Gasteiger partial charge in [-0.1, -0.05) is 41.7 Å². The van der Waals surface area contributed by atoms with Crippen LogP contribution in [0.3, 0.4) is 0 Å². The topological polar surface area (TPSA) is 91.6 Å². The molecule has 0 spiro atoms. The molecule has 1 aromatic heterocycles. The van der Waals surface area contributed by atoms with Crippen molar-refractivity contribution in [3.63, 3.8) is 0 Å². The van der Waals surface area contributed by atoms with Crippen molar-refractivity contribution in [1.29, 1.82) is 0 Å². The minimum atomic E-state index is -0.107. The van der Waals surface area contributed by atoms with E-state index in [0.717, 1.165) is 70.3 Å². The molecule has 1 N–H and O–H groups in total. The van der Waals surface area contributed by atoms with E-state index in [-0.39, 0.29) is 17.7 Å². The van der Waals surface area contributed by atoms with Crippen LogP contribution < -0.4 is 5.32 Å². The number of para-hydroxylation sites is 1. The highest BCUT2D eigenvalue weighted by Gasteiger charge is 2.27. The van der Waals surface area contributed by atoms with Crippen molar-refractivity contribution in [1.82, 2.24) is 19.9 Å². The third kappa shape index (κ3) is 6.37. The Bertz CT molecular complexity index is 1210. The van der Waals surface area contributed by atoms with Gasteiger partial charge in [0.05, 0.1) is 17.8 Å². The average Bonchev–Trinajstić information content (AvgIpc) is 3.21. The fourth-order valence-corrected chi connectivity index (χ4v) is 5.16. The van der Waals surface area contributed by atoms with Crippen LogP contribution in [0.25, 0.3) is 11.4 Å². The van der Waals surface area contributed by atoms with Crippen molar-refractivity contribution in [2.45, 2.75) is 45.1 Å². The summed E-state index contributed by atoms with van der Waals surface area (Å²) in [7, 11) is 0. The highest BCUT2D eigenvalue weighted by molar-refractivity contribution is 6.30. The Kier molecular flexibility index (Phi) is 8.16. The minimum absolute atomic E-state index is 0.00476. The molecule has 2 saturated heterocycles. The fraction of sp³-hybridized carbons (Fsp3) is 0.429. The first kappa shape index (κ1) is 25.4. The van der Waals surface area contributed by atoms with Gasteiger partial charge in [-0.3, -0.25) is 14.5 Å². The Morgan fingerprint density at radius 2 is 1.65 bits per heavy atom. The summed E-state index contributed by atoms with van der Waals surface area (Å²) in [5.41, 5.74) is 2.03. The van der Waals surface area contributed by atoms with Crippen LogP contribution in [-0.4, -0.2) is 57.9 Å². The first-order chi connectivity index (χ1) is 18.1. The summed E-state index contributed by atoms with van der Waals surface area (Å²) in [5.74, 6) is 0.955. The molecule has 5 rings (SSSR count). The van der Waals surface area contributed by atoms with Gasteiger partial charge in [0.25, 0.3) is 5.91 Å². The van der Waals surface area contributed by atoms with Gasteiger partial charge in [0.2, 0.25) is 17.6 Å². The van der Waals surface area contributed by atoms with Gasteiger partial charge < -0.3 is 14.7 Å². The molecule has 194 valence electrons. The van der Waals surface area contributed by atoms with E-state index in [4.69, 9.17) is 16.1 Å². The maximum atomic E-state index is 13.2. The van der Waals surface area contributed by atoms with E-state index >= 15 is 0 Å². The van der Waals surface area contributed by atoms with Crippen LogP contribution in [0.15, 0.2) is 53.1 Å². The van der Waals surface area contributed by atoms with Crippen LogP contribution in [0.1, 0.15) is 54.8 Å². The molecular weight excluding hydrogens is 490 g/mol. The first-order valence-corrected chi connectivity index (χ1v) is 13.4. The number of carbonyl (C=O) groups excluding carboxylic acids is 2. The molecule has 0 saturated carbocycles. The lowest BCUT2D eigenvalue weighted by atomic mass is 9.95. The number of likely N-dealkylation sites (tertiary alicyclic amines) is 2. The van der Waals surface area contributed by atoms with Crippen molar-refractivity contribution in [3.05, 3.63) is 65.0 Å². The number of benzene rings is 2. The van der Waals surface area contributed by atoms with Crippen molar-refractivity contribution in [2.75, 3.05) is 31.5 Å². The molecule has 0 unspecified atom stereocenters. The van der Waals surface area contributed by atoms with Gasteiger partial charge in [-0.25, -0.2) is 0 Å². The maximum Gasteiger partial charge on any atom is 0.255 e. The Hall–Kier alpha value is -3.23. The third-order valence-corrected chi connectivity index (χ3v) is 7.45. The third-order valence-electron chi connectivity index (χ3n) is 7.20. The van der Waals surface area contributed by atoms with E-state index < -0.39 is 0 Å². The molecule has 2 fully saturated rings. The van der Waals surface area contributed by atoms with E-state index in [9.17, 15) is 9.59 Å². The Balaban J connectivity index is 1.15.